The second-order valence-corrected chi connectivity index (χ2v) is 4.41. The lowest BCUT2D eigenvalue weighted by Crippen LogP contribution is -2.33. The fourth-order valence-electron chi connectivity index (χ4n) is 1.50. The number of hydrogen-bond acceptors (Lipinski definition) is 3. The lowest BCUT2D eigenvalue weighted by molar-refractivity contribution is 0.197. The van der Waals surface area contributed by atoms with E-state index in [-0.39, 0.29) is 6.03 Å². The molecule has 0 saturated heterocycles. The number of aromatic nitrogens is 2. The normalized spacial score (nSPS) is 10.2. The number of rotatable bonds is 4. The molecule has 1 heterocycles. The van der Waals surface area contributed by atoms with Crippen LogP contribution in [0.15, 0.2) is 43.0 Å². The highest BCUT2D eigenvalue weighted by atomic mass is 35.5. The second-order valence-electron chi connectivity index (χ2n) is 3.98. The molecule has 1 aromatic carbocycles. The van der Waals surface area contributed by atoms with Crippen molar-refractivity contribution in [1.29, 1.82) is 0 Å². The van der Waals surface area contributed by atoms with Gasteiger partial charge in [0.1, 0.15) is 18.7 Å². The van der Waals surface area contributed by atoms with Crippen LogP contribution in [0.25, 0.3) is 0 Å². The zero-order chi connectivity index (χ0) is 13.7. The Morgan fingerprint density at radius 3 is 2.79 bits per heavy atom. The third-order valence-corrected chi connectivity index (χ3v) is 2.81. The Morgan fingerprint density at radius 1 is 1.42 bits per heavy atom. The minimum atomic E-state index is -0.141. The molecule has 0 saturated carbocycles. The van der Waals surface area contributed by atoms with E-state index >= 15 is 0 Å². The summed E-state index contributed by atoms with van der Waals surface area (Å²) in [5.74, 6) is 0.730. The number of ether oxygens (including phenoxy) is 1. The molecular formula is C13H14ClN3O2. The van der Waals surface area contributed by atoms with Crippen LogP contribution >= 0.6 is 11.6 Å². The van der Waals surface area contributed by atoms with E-state index in [1.54, 1.807) is 48.6 Å². The van der Waals surface area contributed by atoms with Gasteiger partial charge >= 0.3 is 6.03 Å². The van der Waals surface area contributed by atoms with Crippen molar-refractivity contribution in [3.8, 4) is 5.75 Å². The Balaban J connectivity index is 1.79. The van der Waals surface area contributed by atoms with E-state index in [4.69, 9.17) is 16.3 Å². The van der Waals surface area contributed by atoms with Gasteiger partial charge in [-0.05, 0) is 24.3 Å². The molecule has 19 heavy (non-hydrogen) atoms. The Labute approximate surface area is 116 Å². The summed E-state index contributed by atoms with van der Waals surface area (Å²) in [5, 5.41) is 0.666. The molecule has 0 aliphatic carbocycles. The topological polar surface area (TPSA) is 47.4 Å². The van der Waals surface area contributed by atoms with Gasteiger partial charge < -0.3 is 9.64 Å². The van der Waals surface area contributed by atoms with Crippen LogP contribution in [0.3, 0.4) is 0 Å². The first-order valence-electron chi connectivity index (χ1n) is 5.78. The number of carbonyl (C=O) groups excluding carboxylic acids is 1. The van der Waals surface area contributed by atoms with Gasteiger partial charge in [-0.3, -0.25) is 4.57 Å². The first-order valence-corrected chi connectivity index (χ1v) is 6.16. The number of imidazole rings is 1. The highest BCUT2D eigenvalue weighted by Gasteiger charge is 2.09. The summed E-state index contributed by atoms with van der Waals surface area (Å²) in [4.78, 5) is 17.3. The number of amides is 1. The summed E-state index contributed by atoms with van der Waals surface area (Å²) in [5.41, 5.74) is 0. The van der Waals surface area contributed by atoms with Crippen LogP contribution < -0.4 is 4.74 Å². The standard InChI is InChI=1S/C13H14ClN3O2/c1-16(13(18)17-7-6-15-10-17)8-9-19-12-4-2-11(14)3-5-12/h2-7,10H,8-9H2,1H3. The van der Waals surface area contributed by atoms with Gasteiger partial charge in [0, 0.05) is 24.5 Å². The molecule has 2 rings (SSSR count). The highest BCUT2D eigenvalue weighted by molar-refractivity contribution is 6.30. The van der Waals surface area contributed by atoms with Gasteiger partial charge in [-0.1, -0.05) is 11.6 Å². The lowest BCUT2D eigenvalue weighted by Gasteiger charge is -2.17. The van der Waals surface area contributed by atoms with E-state index in [0.717, 1.165) is 5.75 Å². The largest absolute Gasteiger partial charge is 0.492 e. The molecule has 1 aromatic heterocycles. The number of benzene rings is 1. The van der Waals surface area contributed by atoms with Crippen LogP contribution in [0.5, 0.6) is 5.75 Å². The van der Waals surface area contributed by atoms with Crippen LogP contribution in [0.2, 0.25) is 5.02 Å². The molecule has 0 fully saturated rings. The van der Waals surface area contributed by atoms with Crippen LogP contribution in [0.4, 0.5) is 4.79 Å². The summed E-state index contributed by atoms with van der Waals surface area (Å²) in [6, 6.07) is 6.96. The number of nitrogens with zero attached hydrogens (tertiary/aromatic N) is 3. The van der Waals surface area contributed by atoms with Crippen LogP contribution in [0.1, 0.15) is 0 Å². The van der Waals surface area contributed by atoms with Gasteiger partial charge in [0.15, 0.2) is 0 Å². The third-order valence-electron chi connectivity index (χ3n) is 2.56. The average molecular weight is 280 g/mol. The number of likely N-dealkylation sites (N-methyl/N-ethyl adjacent to an activating group) is 1. The van der Waals surface area contributed by atoms with Crippen LogP contribution in [-0.2, 0) is 0 Å². The maximum Gasteiger partial charge on any atom is 0.329 e. The first-order chi connectivity index (χ1) is 9.16. The van der Waals surface area contributed by atoms with Gasteiger partial charge in [-0.2, -0.15) is 0 Å². The van der Waals surface area contributed by atoms with Gasteiger partial charge in [0.2, 0.25) is 0 Å². The Hall–Kier alpha value is -2.01. The van der Waals surface area contributed by atoms with E-state index in [0.29, 0.717) is 18.2 Å². The van der Waals surface area contributed by atoms with Gasteiger partial charge in [-0.25, -0.2) is 9.78 Å². The van der Waals surface area contributed by atoms with Crippen LogP contribution in [-0.4, -0.2) is 40.7 Å². The predicted octanol–water partition coefficient (Wildman–Crippen LogP) is 2.52. The zero-order valence-corrected chi connectivity index (χ0v) is 11.2. The van der Waals surface area contributed by atoms with Gasteiger partial charge in [0.05, 0.1) is 6.54 Å². The minimum Gasteiger partial charge on any atom is -0.492 e. The van der Waals surface area contributed by atoms with Crippen molar-refractivity contribution in [1.82, 2.24) is 14.5 Å². The molecule has 0 atom stereocenters. The average Bonchev–Trinajstić information content (AvgIpc) is 2.94. The fourth-order valence-corrected chi connectivity index (χ4v) is 1.62. The smallest absolute Gasteiger partial charge is 0.329 e. The molecule has 0 aliphatic heterocycles. The van der Waals surface area contributed by atoms with Crippen molar-refractivity contribution in [3.05, 3.63) is 48.0 Å². The minimum absolute atomic E-state index is 0.141. The van der Waals surface area contributed by atoms with Crippen molar-refractivity contribution >= 4 is 17.6 Å². The van der Waals surface area contributed by atoms with Crippen molar-refractivity contribution in [3.63, 3.8) is 0 Å². The first kappa shape index (κ1) is 13.4. The molecule has 100 valence electrons. The number of halogens is 1. The molecule has 0 bridgehead atoms. The molecule has 5 nitrogen and oxygen atoms in total. The predicted molar refractivity (Wildman–Crippen MR) is 72.6 cm³/mol. The Kier molecular flexibility index (Phi) is 4.41. The van der Waals surface area contributed by atoms with E-state index in [1.807, 2.05) is 0 Å². The zero-order valence-electron chi connectivity index (χ0n) is 10.5. The maximum absolute atomic E-state index is 11.9. The fraction of sp³-hybridized carbons (Fsp3) is 0.231. The molecule has 0 unspecified atom stereocenters. The SMILES string of the molecule is CN(CCOc1ccc(Cl)cc1)C(=O)n1ccnc1. The van der Waals surface area contributed by atoms with E-state index in [9.17, 15) is 4.79 Å². The highest BCUT2D eigenvalue weighted by Crippen LogP contribution is 2.15. The Morgan fingerprint density at radius 2 is 2.16 bits per heavy atom. The quantitative estimate of drug-likeness (QED) is 0.864. The monoisotopic (exact) mass is 279 g/mol. The van der Waals surface area contributed by atoms with Crippen molar-refractivity contribution in [2.45, 2.75) is 0 Å². The maximum atomic E-state index is 11.9. The molecule has 2 aromatic rings. The van der Waals surface area contributed by atoms with Crippen molar-refractivity contribution < 1.29 is 9.53 Å². The van der Waals surface area contributed by atoms with Crippen molar-refractivity contribution in [2.24, 2.45) is 0 Å². The van der Waals surface area contributed by atoms with Gasteiger partial charge in [0.25, 0.3) is 0 Å². The summed E-state index contributed by atoms with van der Waals surface area (Å²) < 4.78 is 6.94. The molecule has 0 aliphatic rings. The molecule has 0 spiro atoms. The number of carbonyl (C=O) groups is 1. The van der Waals surface area contributed by atoms with Crippen molar-refractivity contribution in [2.75, 3.05) is 20.2 Å². The second kappa shape index (κ2) is 6.24. The Bertz CT molecular complexity index is 525. The lowest BCUT2D eigenvalue weighted by atomic mass is 10.3. The third kappa shape index (κ3) is 3.72. The van der Waals surface area contributed by atoms with Crippen LogP contribution in [0, 0.1) is 0 Å². The molecule has 1 amide bonds. The van der Waals surface area contributed by atoms with Gasteiger partial charge in [-0.15, -0.1) is 0 Å². The summed E-state index contributed by atoms with van der Waals surface area (Å²) in [6.07, 6.45) is 4.65. The van der Waals surface area contributed by atoms with E-state index in [2.05, 4.69) is 4.98 Å². The molecule has 6 heteroatoms. The molecule has 0 N–H and O–H groups in total. The summed E-state index contributed by atoms with van der Waals surface area (Å²) in [6.45, 7) is 0.901. The summed E-state index contributed by atoms with van der Waals surface area (Å²) >= 11 is 5.78. The molecular weight excluding hydrogens is 266 g/mol. The summed E-state index contributed by atoms with van der Waals surface area (Å²) in [7, 11) is 1.72. The van der Waals surface area contributed by atoms with E-state index in [1.165, 1.54) is 10.9 Å². The number of hydrogen-bond donors (Lipinski definition) is 0. The molecule has 0 radical (unpaired) electrons. The van der Waals surface area contributed by atoms with E-state index < -0.39 is 0 Å².